The first-order valence-corrected chi connectivity index (χ1v) is 9.14. The van der Waals surface area contributed by atoms with Crippen LogP contribution in [-0.4, -0.2) is 60.0 Å². The molecule has 0 spiro atoms. The van der Waals surface area contributed by atoms with E-state index in [2.05, 4.69) is 16.0 Å². The third kappa shape index (κ3) is 11.2. The maximum absolute atomic E-state index is 12.3. The van der Waals surface area contributed by atoms with Gasteiger partial charge < -0.3 is 32.5 Å². The molecule has 0 saturated heterocycles. The molecule has 0 aliphatic heterocycles. The minimum atomic E-state index is -1.18. The summed E-state index contributed by atoms with van der Waals surface area (Å²) in [6.45, 7) is 5.26. The second-order valence-corrected chi connectivity index (χ2v) is 6.93. The molecule has 0 fully saturated rings. The van der Waals surface area contributed by atoms with Crippen LogP contribution in [0.25, 0.3) is 0 Å². The van der Waals surface area contributed by atoms with Crippen molar-refractivity contribution in [1.82, 2.24) is 16.0 Å². The van der Waals surface area contributed by atoms with Crippen molar-refractivity contribution in [3.8, 4) is 0 Å². The van der Waals surface area contributed by atoms with Gasteiger partial charge in [-0.05, 0) is 45.1 Å². The van der Waals surface area contributed by atoms with Crippen LogP contribution in [0.4, 0.5) is 0 Å². The molecule has 0 saturated carbocycles. The zero-order valence-corrected chi connectivity index (χ0v) is 16.3. The quantitative estimate of drug-likeness (QED) is 0.212. The van der Waals surface area contributed by atoms with Gasteiger partial charge in [0.2, 0.25) is 17.7 Å². The lowest BCUT2D eigenvalue weighted by atomic mass is 10.0. The number of carboxylic acids is 1. The number of hydrogen-bond acceptors (Lipinski definition) is 6. The summed E-state index contributed by atoms with van der Waals surface area (Å²) in [5.74, 6) is -2.55. The van der Waals surface area contributed by atoms with Gasteiger partial charge in [-0.25, -0.2) is 0 Å². The van der Waals surface area contributed by atoms with Gasteiger partial charge in [-0.15, -0.1) is 0 Å². The molecule has 10 nitrogen and oxygen atoms in total. The average molecular weight is 387 g/mol. The molecule has 27 heavy (non-hydrogen) atoms. The summed E-state index contributed by atoms with van der Waals surface area (Å²) < 4.78 is 0. The molecule has 0 bridgehead atoms. The van der Waals surface area contributed by atoms with Gasteiger partial charge in [0.05, 0.1) is 12.6 Å². The lowest BCUT2D eigenvalue weighted by molar-refractivity contribution is -0.141. The number of rotatable bonds is 13. The Bertz CT molecular complexity index is 512. The molecule has 156 valence electrons. The van der Waals surface area contributed by atoms with Gasteiger partial charge in [0.1, 0.15) is 12.1 Å². The normalized spacial score (nSPS) is 14.1. The molecule has 0 rings (SSSR count). The number of carbonyl (C=O) groups is 4. The number of aliphatic carboxylic acids is 1. The highest BCUT2D eigenvalue weighted by Crippen LogP contribution is 2.05. The van der Waals surface area contributed by atoms with Gasteiger partial charge in [0, 0.05) is 0 Å². The first-order valence-electron chi connectivity index (χ1n) is 9.14. The molecule has 0 aliphatic rings. The zero-order chi connectivity index (χ0) is 21.0. The van der Waals surface area contributed by atoms with Crippen molar-refractivity contribution in [2.75, 3.05) is 13.1 Å². The Morgan fingerprint density at radius 1 is 1.00 bits per heavy atom. The smallest absolute Gasteiger partial charge is 0.325 e. The molecular weight excluding hydrogens is 354 g/mol. The van der Waals surface area contributed by atoms with Crippen molar-refractivity contribution in [3.05, 3.63) is 0 Å². The molecule has 0 heterocycles. The highest BCUT2D eigenvalue weighted by Gasteiger charge is 2.24. The molecule has 10 heteroatoms. The molecule has 0 radical (unpaired) electrons. The standard InChI is InChI=1S/C17H33N5O5/c1-10(2)8-12(19)15(24)22-13(6-4-5-7-18)16(25)20-9-14(23)21-11(3)17(26)27/h10-13H,4-9,18-19H2,1-3H3,(H,20,25)(H,21,23)(H,22,24)(H,26,27). The van der Waals surface area contributed by atoms with E-state index in [9.17, 15) is 19.2 Å². The molecule has 3 atom stereocenters. The van der Waals surface area contributed by atoms with E-state index >= 15 is 0 Å². The first-order chi connectivity index (χ1) is 12.6. The molecule has 3 amide bonds. The monoisotopic (exact) mass is 387 g/mol. The SMILES string of the molecule is CC(C)CC(N)C(=O)NC(CCCCN)C(=O)NCC(=O)NC(C)C(=O)O. The number of unbranched alkanes of at least 4 members (excludes halogenated alkanes) is 1. The third-order valence-electron chi connectivity index (χ3n) is 3.81. The number of carbonyl (C=O) groups excluding carboxylic acids is 3. The Kier molecular flexibility index (Phi) is 12.0. The summed E-state index contributed by atoms with van der Waals surface area (Å²) in [7, 11) is 0. The molecule has 8 N–H and O–H groups in total. The number of hydrogen-bond donors (Lipinski definition) is 6. The number of nitrogens with two attached hydrogens (primary N) is 2. The van der Waals surface area contributed by atoms with Crippen molar-refractivity contribution >= 4 is 23.7 Å². The van der Waals surface area contributed by atoms with Crippen LogP contribution >= 0.6 is 0 Å². The van der Waals surface area contributed by atoms with Gasteiger partial charge in [-0.3, -0.25) is 19.2 Å². The molecule has 0 aliphatic carbocycles. The van der Waals surface area contributed by atoms with Gasteiger partial charge in [0.15, 0.2) is 0 Å². The lowest BCUT2D eigenvalue weighted by Gasteiger charge is -2.21. The molecule has 0 aromatic carbocycles. The van der Waals surface area contributed by atoms with Gasteiger partial charge in [-0.2, -0.15) is 0 Å². The van der Waals surface area contributed by atoms with Crippen molar-refractivity contribution < 1.29 is 24.3 Å². The maximum atomic E-state index is 12.3. The van der Waals surface area contributed by atoms with Crippen LogP contribution in [0, 0.1) is 5.92 Å². The highest BCUT2D eigenvalue weighted by molar-refractivity contribution is 5.92. The van der Waals surface area contributed by atoms with Crippen molar-refractivity contribution in [2.24, 2.45) is 17.4 Å². The first kappa shape index (κ1) is 24.8. The summed E-state index contributed by atoms with van der Waals surface area (Å²) in [6, 6.07) is -2.63. The van der Waals surface area contributed by atoms with E-state index in [1.807, 2.05) is 13.8 Å². The fourth-order valence-corrected chi connectivity index (χ4v) is 2.30. The number of carboxylic acid groups (broad SMARTS) is 1. The summed E-state index contributed by atoms with van der Waals surface area (Å²) in [5.41, 5.74) is 11.3. The summed E-state index contributed by atoms with van der Waals surface area (Å²) >= 11 is 0. The topological polar surface area (TPSA) is 177 Å². The Hall–Kier alpha value is -2.20. The van der Waals surface area contributed by atoms with E-state index < -0.39 is 48.4 Å². The Morgan fingerprint density at radius 3 is 2.15 bits per heavy atom. The van der Waals surface area contributed by atoms with Crippen molar-refractivity contribution in [3.63, 3.8) is 0 Å². The van der Waals surface area contributed by atoms with Crippen LogP contribution in [0.2, 0.25) is 0 Å². The second-order valence-electron chi connectivity index (χ2n) is 6.93. The van der Waals surface area contributed by atoms with E-state index in [4.69, 9.17) is 16.6 Å². The number of amides is 3. The van der Waals surface area contributed by atoms with E-state index in [1.54, 1.807) is 0 Å². The fourth-order valence-electron chi connectivity index (χ4n) is 2.30. The molecule has 0 aromatic rings. The predicted molar refractivity (Wildman–Crippen MR) is 101 cm³/mol. The number of nitrogens with one attached hydrogen (secondary N) is 3. The Labute approximate surface area is 159 Å². The van der Waals surface area contributed by atoms with Gasteiger partial charge in [-0.1, -0.05) is 13.8 Å². The highest BCUT2D eigenvalue weighted by atomic mass is 16.4. The van der Waals surface area contributed by atoms with E-state index in [1.165, 1.54) is 6.92 Å². The van der Waals surface area contributed by atoms with Crippen LogP contribution in [0.5, 0.6) is 0 Å². The van der Waals surface area contributed by atoms with Crippen LogP contribution in [0.3, 0.4) is 0 Å². The minimum Gasteiger partial charge on any atom is -0.480 e. The zero-order valence-electron chi connectivity index (χ0n) is 16.3. The average Bonchev–Trinajstić information content (AvgIpc) is 2.57. The molecule has 0 aromatic heterocycles. The predicted octanol–water partition coefficient (Wildman–Crippen LogP) is -1.32. The summed E-state index contributed by atoms with van der Waals surface area (Å²) in [6.07, 6.45) is 2.15. The van der Waals surface area contributed by atoms with Crippen LogP contribution in [-0.2, 0) is 19.2 Å². The minimum absolute atomic E-state index is 0.232. The summed E-state index contributed by atoms with van der Waals surface area (Å²) in [5, 5.41) is 16.0. The van der Waals surface area contributed by atoms with Gasteiger partial charge >= 0.3 is 5.97 Å². The van der Waals surface area contributed by atoms with E-state index in [0.717, 1.165) is 0 Å². The van der Waals surface area contributed by atoms with Crippen molar-refractivity contribution in [2.45, 2.75) is 64.6 Å². The Morgan fingerprint density at radius 2 is 1.63 bits per heavy atom. The lowest BCUT2D eigenvalue weighted by Crippen LogP contribution is -2.53. The fraction of sp³-hybridized carbons (Fsp3) is 0.765. The summed E-state index contributed by atoms with van der Waals surface area (Å²) in [4.78, 5) is 46.9. The molecular formula is C17H33N5O5. The van der Waals surface area contributed by atoms with Crippen LogP contribution in [0.15, 0.2) is 0 Å². The Balaban J connectivity index is 4.71. The van der Waals surface area contributed by atoms with Crippen molar-refractivity contribution in [1.29, 1.82) is 0 Å². The molecule has 3 unspecified atom stereocenters. The van der Waals surface area contributed by atoms with E-state index in [-0.39, 0.29) is 5.92 Å². The maximum Gasteiger partial charge on any atom is 0.325 e. The second kappa shape index (κ2) is 13.0. The van der Waals surface area contributed by atoms with E-state index in [0.29, 0.717) is 32.2 Å². The largest absolute Gasteiger partial charge is 0.480 e. The van der Waals surface area contributed by atoms with Crippen LogP contribution < -0.4 is 27.4 Å². The van der Waals surface area contributed by atoms with Gasteiger partial charge in [0.25, 0.3) is 0 Å². The third-order valence-corrected chi connectivity index (χ3v) is 3.81. The van der Waals surface area contributed by atoms with Crippen LogP contribution in [0.1, 0.15) is 46.5 Å².